The van der Waals surface area contributed by atoms with E-state index in [1.165, 1.54) is 29.5 Å². The molecule has 134 valence electrons. The van der Waals surface area contributed by atoms with E-state index in [0.29, 0.717) is 0 Å². The molecular formula is C15H24N4O2S3. The number of carbonyl (C=O) groups excluding carboxylic acids is 2. The third kappa shape index (κ3) is 6.60. The minimum absolute atomic E-state index is 0.191. The Balaban J connectivity index is 1.74. The Bertz CT molecular complexity index is 547. The number of rotatable bonds is 7. The number of hydrogen-bond donors (Lipinski definition) is 2. The van der Waals surface area contributed by atoms with Crippen LogP contribution >= 0.6 is 34.9 Å². The average Bonchev–Trinajstić information content (AvgIpc) is 3.01. The molecule has 0 saturated heterocycles. The Morgan fingerprint density at radius 2 is 1.96 bits per heavy atom. The van der Waals surface area contributed by atoms with Gasteiger partial charge in [0.15, 0.2) is 8.68 Å². The number of nitrogens with one attached hydrogen (secondary N) is 2. The number of hydrogen-bond acceptors (Lipinski definition) is 7. The first-order valence-corrected chi connectivity index (χ1v) is 11.0. The van der Waals surface area contributed by atoms with Crippen LogP contribution < -0.4 is 10.6 Å². The summed E-state index contributed by atoms with van der Waals surface area (Å²) in [4.78, 5) is 24.1. The van der Waals surface area contributed by atoms with Gasteiger partial charge in [-0.3, -0.25) is 10.1 Å². The third-order valence-corrected chi connectivity index (χ3v) is 7.09. The van der Waals surface area contributed by atoms with Crippen LogP contribution in [0.5, 0.6) is 0 Å². The van der Waals surface area contributed by atoms with E-state index in [-0.39, 0.29) is 17.2 Å². The summed E-state index contributed by atoms with van der Waals surface area (Å²) in [5.74, 6) is 0.711. The largest absolute Gasteiger partial charge is 0.335 e. The zero-order chi connectivity index (χ0) is 17.4. The molecule has 9 heteroatoms. The van der Waals surface area contributed by atoms with E-state index in [2.05, 4.69) is 27.8 Å². The summed E-state index contributed by atoms with van der Waals surface area (Å²) >= 11 is 4.50. The number of urea groups is 1. The molecule has 1 aromatic heterocycles. The molecule has 6 nitrogen and oxygen atoms in total. The second kappa shape index (κ2) is 10.2. The molecule has 1 saturated carbocycles. The summed E-state index contributed by atoms with van der Waals surface area (Å²) in [6, 6.07) is -0.202. The molecule has 0 aromatic carbocycles. The van der Waals surface area contributed by atoms with Gasteiger partial charge < -0.3 is 5.32 Å². The van der Waals surface area contributed by atoms with Crippen molar-refractivity contribution in [1.29, 1.82) is 0 Å². The van der Waals surface area contributed by atoms with Crippen LogP contribution in [0, 0.1) is 0 Å². The molecule has 3 amide bonds. The monoisotopic (exact) mass is 388 g/mol. The topological polar surface area (TPSA) is 84.0 Å². The fourth-order valence-corrected chi connectivity index (χ4v) is 5.47. The third-order valence-electron chi connectivity index (χ3n) is 3.64. The van der Waals surface area contributed by atoms with Crippen LogP contribution in [-0.2, 0) is 4.79 Å². The molecule has 2 N–H and O–H groups in total. The van der Waals surface area contributed by atoms with E-state index in [4.69, 9.17) is 0 Å². The van der Waals surface area contributed by atoms with Gasteiger partial charge in [0, 0.05) is 11.8 Å². The zero-order valence-corrected chi connectivity index (χ0v) is 16.5. The summed E-state index contributed by atoms with van der Waals surface area (Å²) in [6.07, 6.45) is 6.58. The Kier molecular flexibility index (Phi) is 8.34. The van der Waals surface area contributed by atoms with Gasteiger partial charge in [-0.1, -0.05) is 61.0 Å². The molecule has 1 aromatic rings. The second-order valence-electron chi connectivity index (χ2n) is 5.74. The standard InChI is InChI=1S/C15H24N4O2S3/c1-3-9-22-14-18-19-15(24-14)23-10(2)12(20)17-13(21)16-11-7-5-4-6-8-11/h10-11H,3-9H2,1-2H3,(H2,16,17,20,21)/t10-/m0/s1. The fraction of sp³-hybridized carbons (Fsp3) is 0.733. The molecule has 24 heavy (non-hydrogen) atoms. The van der Waals surface area contributed by atoms with Gasteiger partial charge in [-0.15, -0.1) is 10.2 Å². The first-order chi connectivity index (χ1) is 11.6. The van der Waals surface area contributed by atoms with Crippen molar-refractivity contribution in [2.45, 2.75) is 72.3 Å². The lowest BCUT2D eigenvalue weighted by molar-refractivity contribution is -0.119. The minimum atomic E-state index is -0.393. The summed E-state index contributed by atoms with van der Waals surface area (Å²) in [7, 11) is 0. The molecule has 1 fully saturated rings. The molecule has 0 spiro atoms. The molecular weight excluding hydrogens is 364 g/mol. The molecule has 0 unspecified atom stereocenters. The Morgan fingerprint density at radius 1 is 1.25 bits per heavy atom. The van der Waals surface area contributed by atoms with Crippen molar-refractivity contribution in [2.75, 3.05) is 5.75 Å². The van der Waals surface area contributed by atoms with Crippen molar-refractivity contribution in [3.8, 4) is 0 Å². The van der Waals surface area contributed by atoms with E-state index in [0.717, 1.165) is 46.5 Å². The van der Waals surface area contributed by atoms with Gasteiger partial charge in [-0.2, -0.15) is 0 Å². The zero-order valence-electron chi connectivity index (χ0n) is 14.0. The van der Waals surface area contributed by atoms with Crippen molar-refractivity contribution >= 4 is 46.8 Å². The van der Waals surface area contributed by atoms with Crippen molar-refractivity contribution in [3.05, 3.63) is 0 Å². The lowest BCUT2D eigenvalue weighted by atomic mass is 9.96. The second-order valence-corrected chi connectivity index (χ2v) is 9.65. The quantitative estimate of drug-likeness (QED) is 0.693. The van der Waals surface area contributed by atoms with E-state index < -0.39 is 6.03 Å². The number of imide groups is 1. The van der Waals surface area contributed by atoms with Crippen LogP contribution in [0.3, 0.4) is 0 Å². The smallest absolute Gasteiger partial charge is 0.321 e. The molecule has 1 atom stereocenters. The van der Waals surface area contributed by atoms with Crippen LogP contribution in [0.2, 0.25) is 0 Å². The minimum Gasteiger partial charge on any atom is -0.335 e. The van der Waals surface area contributed by atoms with Crippen LogP contribution in [0.15, 0.2) is 8.68 Å². The van der Waals surface area contributed by atoms with E-state index in [9.17, 15) is 9.59 Å². The van der Waals surface area contributed by atoms with Gasteiger partial charge in [0.1, 0.15) is 0 Å². The highest BCUT2D eigenvalue weighted by molar-refractivity contribution is 8.03. The first-order valence-electron chi connectivity index (χ1n) is 8.32. The summed E-state index contributed by atoms with van der Waals surface area (Å²) in [5.41, 5.74) is 0. The van der Waals surface area contributed by atoms with Crippen molar-refractivity contribution in [2.24, 2.45) is 0 Å². The normalized spacial score (nSPS) is 16.6. The molecule has 0 aliphatic heterocycles. The predicted octanol–water partition coefficient (Wildman–Crippen LogP) is 3.68. The van der Waals surface area contributed by atoms with E-state index in [1.54, 1.807) is 18.7 Å². The lowest BCUT2D eigenvalue weighted by Crippen LogP contribution is -2.47. The maximum Gasteiger partial charge on any atom is 0.321 e. The molecule has 0 radical (unpaired) electrons. The van der Waals surface area contributed by atoms with Crippen LogP contribution in [0.4, 0.5) is 4.79 Å². The Morgan fingerprint density at radius 3 is 2.67 bits per heavy atom. The number of nitrogens with zero attached hydrogens (tertiary/aromatic N) is 2. The lowest BCUT2D eigenvalue weighted by Gasteiger charge is -2.22. The van der Waals surface area contributed by atoms with Crippen molar-refractivity contribution < 1.29 is 9.59 Å². The van der Waals surface area contributed by atoms with Gasteiger partial charge in [0.05, 0.1) is 5.25 Å². The fourth-order valence-electron chi connectivity index (χ4n) is 2.38. The average molecular weight is 389 g/mol. The summed E-state index contributed by atoms with van der Waals surface area (Å²) < 4.78 is 1.67. The Hall–Kier alpha value is -0.800. The molecule has 2 rings (SSSR count). The van der Waals surface area contributed by atoms with Gasteiger partial charge in [-0.05, 0) is 26.2 Å². The van der Waals surface area contributed by atoms with E-state index >= 15 is 0 Å². The van der Waals surface area contributed by atoms with Gasteiger partial charge >= 0.3 is 6.03 Å². The molecule has 1 heterocycles. The van der Waals surface area contributed by atoms with Gasteiger partial charge in [0.2, 0.25) is 5.91 Å². The maximum absolute atomic E-state index is 12.1. The van der Waals surface area contributed by atoms with Crippen molar-refractivity contribution in [3.63, 3.8) is 0 Å². The number of aromatic nitrogens is 2. The van der Waals surface area contributed by atoms with Crippen LogP contribution in [0.1, 0.15) is 52.4 Å². The Labute approximate surface area is 155 Å². The molecule has 1 aliphatic rings. The highest BCUT2D eigenvalue weighted by atomic mass is 32.2. The highest BCUT2D eigenvalue weighted by Crippen LogP contribution is 2.31. The van der Waals surface area contributed by atoms with Gasteiger partial charge in [-0.25, -0.2) is 4.79 Å². The predicted molar refractivity (Wildman–Crippen MR) is 99.8 cm³/mol. The summed E-state index contributed by atoms with van der Waals surface area (Å²) in [6.45, 7) is 3.89. The number of thioether (sulfide) groups is 2. The summed E-state index contributed by atoms with van der Waals surface area (Å²) in [5, 5.41) is 13.1. The maximum atomic E-state index is 12.1. The van der Waals surface area contributed by atoms with Crippen molar-refractivity contribution in [1.82, 2.24) is 20.8 Å². The first kappa shape index (κ1) is 19.5. The SMILES string of the molecule is CCCSc1nnc(S[C@@H](C)C(=O)NC(=O)NC2CCCCC2)s1. The van der Waals surface area contributed by atoms with Gasteiger partial charge in [0.25, 0.3) is 0 Å². The van der Waals surface area contributed by atoms with E-state index in [1.807, 2.05) is 0 Å². The number of amides is 3. The highest BCUT2D eigenvalue weighted by Gasteiger charge is 2.21. The molecule has 0 bridgehead atoms. The van der Waals surface area contributed by atoms with Crippen LogP contribution in [0.25, 0.3) is 0 Å². The van der Waals surface area contributed by atoms with Crippen LogP contribution in [-0.4, -0.2) is 39.2 Å². The number of carbonyl (C=O) groups is 2. The molecule has 1 aliphatic carbocycles.